The maximum atomic E-state index is 12.3. The molecule has 0 saturated heterocycles. The van der Waals surface area contributed by atoms with E-state index in [2.05, 4.69) is 5.32 Å². The SMILES string of the molecule is CCOC(=O)C(=C\Nc1ccccc1)/C=C/C(=O)c1ccc(OC)cc1. The summed E-state index contributed by atoms with van der Waals surface area (Å²) in [5.41, 5.74) is 1.57. The van der Waals surface area contributed by atoms with Crippen LogP contribution in [-0.4, -0.2) is 25.5 Å². The summed E-state index contributed by atoms with van der Waals surface area (Å²) in [7, 11) is 1.56. The molecule has 0 saturated carbocycles. The van der Waals surface area contributed by atoms with Crippen molar-refractivity contribution in [3.05, 3.63) is 84.1 Å². The number of anilines is 1. The van der Waals surface area contributed by atoms with Crippen LogP contribution in [0.25, 0.3) is 0 Å². The number of ether oxygens (including phenoxy) is 2. The van der Waals surface area contributed by atoms with Gasteiger partial charge in [0.25, 0.3) is 0 Å². The number of allylic oxidation sites excluding steroid dienone is 1. The molecule has 0 aromatic heterocycles. The van der Waals surface area contributed by atoms with Gasteiger partial charge in [0, 0.05) is 17.5 Å². The molecule has 0 spiro atoms. The van der Waals surface area contributed by atoms with Gasteiger partial charge in [-0.1, -0.05) is 18.2 Å². The zero-order valence-electron chi connectivity index (χ0n) is 14.8. The van der Waals surface area contributed by atoms with E-state index in [9.17, 15) is 9.59 Å². The highest BCUT2D eigenvalue weighted by Gasteiger charge is 2.09. The summed E-state index contributed by atoms with van der Waals surface area (Å²) >= 11 is 0. The predicted molar refractivity (Wildman–Crippen MR) is 101 cm³/mol. The van der Waals surface area contributed by atoms with E-state index >= 15 is 0 Å². The minimum absolute atomic E-state index is 0.220. The van der Waals surface area contributed by atoms with Crippen LogP contribution in [0.4, 0.5) is 5.69 Å². The van der Waals surface area contributed by atoms with Crippen molar-refractivity contribution in [2.24, 2.45) is 0 Å². The summed E-state index contributed by atoms with van der Waals surface area (Å²) in [5.74, 6) is -0.0537. The molecule has 0 amide bonds. The van der Waals surface area contributed by atoms with Gasteiger partial charge in [0.1, 0.15) is 5.75 Å². The number of nitrogens with one attached hydrogen (secondary N) is 1. The molecular formula is C21H21NO4. The average molecular weight is 351 g/mol. The van der Waals surface area contributed by atoms with Crippen molar-refractivity contribution < 1.29 is 19.1 Å². The molecule has 0 aliphatic rings. The van der Waals surface area contributed by atoms with Crippen LogP contribution in [0.5, 0.6) is 5.75 Å². The van der Waals surface area contributed by atoms with Crippen molar-refractivity contribution in [3.63, 3.8) is 0 Å². The lowest BCUT2D eigenvalue weighted by atomic mass is 10.1. The van der Waals surface area contributed by atoms with Gasteiger partial charge >= 0.3 is 5.97 Å². The molecule has 26 heavy (non-hydrogen) atoms. The van der Waals surface area contributed by atoms with Gasteiger partial charge in [-0.15, -0.1) is 0 Å². The van der Waals surface area contributed by atoms with Gasteiger partial charge in [-0.05, 0) is 55.5 Å². The van der Waals surface area contributed by atoms with Crippen molar-refractivity contribution in [2.75, 3.05) is 19.0 Å². The van der Waals surface area contributed by atoms with Crippen molar-refractivity contribution in [3.8, 4) is 5.75 Å². The molecule has 0 fully saturated rings. The fourth-order valence-electron chi connectivity index (χ4n) is 2.10. The van der Waals surface area contributed by atoms with Crippen molar-refractivity contribution in [1.82, 2.24) is 0 Å². The second-order valence-electron chi connectivity index (χ2n) is 5.26. The lowest BCUT2D eigenvalue weighted by Crippen LogP contribution is -2.08. The van der Waals surface area contributed by atoms with Crippen LogP contribution in [0.15, 0.2) is 78.5 Å². The highest BCUT2D eigenvalue weighted by atomic mass is 16.5. The van der Waals surface area contributed by atoms with Gasteiger partial charge in [-0.2, -0.15) is 0 Å². The molecular weight excluding hydrogens is 330 g/mol. The number of rotatable bonds is 8. The van der Waals surface area contributed by atoms with E-state index in [0.717, 1.165) is 5.69 Å². The normalized spacial score (nSPS) is 11.2. The quantitative estimate of drug-likeness (QED) is 0.337. The molecule has 0 aliphatic carbocycles. The third-order valence-corrected chi connectivity index (χ3v) is 3.47. The number of hydrogen-bond acceptors (Lipinski definition) is 5. The summed E-state index contributed by atoms with van der Waals surface area (Å²) in [5, 5.41) is 3.02. The topological polar surface area (TPSA) is 64.6 Å². The second-order valence-corrected chi connectivity index (χ2v) is 5.26. The van der Waals surface area contributed by atoms with Crippen LogP contribution in [0.3, 0.4) is 0 Å². The zero-order chi connectivity index (χ0) is 18.8. The van der Waals surface area contributed by atoms with Crippen LogP contribution in [0, 0.1) is 0 Å². The molecule has 2 aromatic rings. The molecule has 0 bridgehead atoms. The van der Waals surface area contributed by atoms with Crippen molar-refractivity contribution >= 4 is 17.4 Å². The largest absolute Gasteiger partial charge is 0.497 e. The Bertz CT molecular complexity index is 793. The molecule has 5 heteroatoms. The molecule has 0 aliphatic heterocycles. The Morgan fingerprint density at radius 2 is 1.69 bits per heavy atom. The van der Waals surface area contributed by atoms with E-state index in [1.807, 2.05) is 30.3 Å². The van der Waals surface area contributed by atoms with Crippen LogP contribution in [0.2, 0.25) is 0 Å². The molecule has 0 radical (unpaired) electrons. The molecule has 1 N–H and O–H groups in total. The average Bonchev–Trinajstić information content (AvgIpc) is 2.68. The number of esters is 1. The van der Waals surface area contributed by atoms with Gasteiger partial charge in [-0.25, -0.2) is 4.79 Å². The smallest absolute Gasteiger partial charge is 0.339 e. The summed E-state index contributed by atoms with van der Waals surface area (Å²) < 4.78 is 10.1. The van der Waals surface area contributed by atoms with E-state index in [1.165, 1.54) is 18.4 Å². The van der Waals surface area contributed by atoms with Gasteiger partial charge in [0.2, 0.25) is 0 Å². The Labute approximate surface area is 152 Å². The number of para-hydroxylation sites is 1. The molecule has 2 rings (SSSR count). The van der Waals surface area contributed by atoms with Crippen LogP contribution in [0.1, 0.15) is 17.3 Å². The first-order valence-electron chi connectivity index (χ1n) is 8.19. The first-order chi connectivity index (χ1) is 12.6. The van der Waals surface area contributed by atoms with E-state index in [0.29, 0.717) is 11.3 Å². The lowest BCUT2D eigenvalue weighted by molar-refractivity contribution is -0.138. The number of benzene rings is 2. The first kappa shape index (κ1) is 19.0. The predicted octanol–water partition coefficient (Wildman–Crippen LogP) is 3.99. The van der Waals surface area contributed by atoms with E-state index in [1.54, 1.807) is 38.3 Å². The molecule has 134 valence electrons. The van der Waals surface area contributed by atoms with Crippen LogP contribution in [-0.2, 0) is 9.53 Å². The van der Waals surface area contributed by atoms with E-state index in [-0.39, 0.29) is 18.0 Å². The minimum Gasteiger partial charge on any atom is -0.497 e. The standard InChI is InChI=1S/C21H21NO4/c1-3-26-21(24)17(15-22-18-7-5-4-6-8-18)11-14-20(23)16-9-12-19(25-2)13-10-16/h4-15,22H,3H2,1-2H3/b14-11+,17-15-. The van der Waals surface area contributed by atoms with Gasteiger partial charge in [-0.3, -0.25) is 4.79 Å². The fourth-order valence-corrected chi connectivity index (χ4v) is 2.10. The number of carbonyl (C=O) groups excluding carboxylic acids is 2. The molecule has 5 nitrogen and oxygen atoms in total. The van der Waals surface area contributed by atoms with Gasteiger partial charge in [0.05, 0.1) is 19.3 Å². The van der Waals surface area contributed by atoms with Crippen LogP contribution >= 0.6 is 0 Å². The molecule has 0 unspecified atom stereocenters. The minimum atomic E-state index is -0.505. The Kier molecular flexibility index (Phi) is 7.18. The number of carbonyl (C=O) groups is 2. The summed E-state index contributed by atoms with van der Waals surface area (Å²) in [6.45, 7) is 1.98. The number of hydrogen-bond donors (Lipinski definition) is 1. The van der Waals surface area contributed by atoms with Gasteiger partial charge in [0.15, 0.2) is 5.78 Å². The van der Waals surface area contributed by atoms with Crippen molar-refractivity contribution in [2.45, 2.75) is 6.92 Å². The maximum absolute atomic E-state index is 12.3. The summed E-state index contributed by atoms with van der Waals surface area (Å²) in [4.78, 5) is 24.4. The molecule has 0 atom stereocenters. The zero-order valence-corrected chi connectivity index (χ0v) is 14.8. The Morgan fingerprint density at radius 3 is 2.31 bits per heavy atom. The fraction of sp³-hybridized carbons (Fsp3) is 0.143. The Hall–Kier alpha value is -3.34. The number of ketones is 1. The first-order valence-corrected chi connectivity index (χ1v) is 8.19. The van der Waals surface area contributed by atoms with Crippen molar-refractivity contribution in [1.29, 1.82) is 0 Å². The van der Waals surface area contributed by atoms with Gasteiger partial charge < -0.3 is 14.8 Å². The maximum Gasteiger partial charge on any atom is 0.339 e. The third kappa shape index (κ3) is 5.63. The van der Waals surface area contributed by atoms with E-state index in [4.69, 9.17) is 9.47 Å². The molecule has 2 aromatic carbocycles. The highest BCUT2D eigenvalue weighted by molar-refractivity contribution is 6.06. The summed E-state index contributed by atoms with van der Waals surface area (Å²) in [6.07, 6.45) is 4.31. The van der Waals surface area contributed by atoms with Crippen LogP contribution < -0.4 is 10.1 Å². The summed E-state index contributed by atoms with van der Waals surface area (Å²) in [6, 6.07) is 16.1. The van der Waals surface area contributed by atoms with E-state index < -0.39 is 5.97 Å². The number of methoxy groups -OCH3 is 1. The third-order valence-electron chi connectivity index (χ3n) is 3.47. The Balaban J connectivity index is 2.15. The highest BCUT2D eigenvalue weighted by Crippen LogP contribution is 2.13. The Morgan fingerprint density at radius 1 is 1.00 bits per heavy atom. The monoisotopic (exact) mass is 351 g/mol. The molecule has 0 heterocycles. The second kappa shape index (κ2) is 9.84. The lowest BCUT2D eigenvalue weighted by Gasteiger charge is -2.05.